The number of nitrogens with zero attached hydrogens (tertiary/aromatic N) is 1. The van der Waals surface area contributed by atoms with Crippen molar-refractivity contribution in [3.05, 3.63) is 12.2 Å². The molecule has 252 valence electrons. The first-order valence-corrected chi connectivity index (χ1v) is 16.1. The Labute approximate surface area is 263 Å². The Morgan fingerprint density at radius 2 is 1.70 bits per heavy atom. The highest BCUT2D eigenvalue weighted by molar-refractivity contribution is 6.00. The number of carbonyl (C=O) groups is 2. The molecule has 13 atom stereocenters. The van der Waals surface area contributed by atoms with E-state index in [1.165, 1.54) is 6.92 Å². The summed E-state index contributed by atoms with van der Waals surface area (Å²) in [4.78, 5) is 29.5. The summed E-state index contributed by atoms with van der Waals surface area (Å²) >= 11 is 0. The fraction of sp³-hybridized carbons (Fsp3) is 0.848. The molecule has 0 aliphatic carbocycles. The number of rotatable bonds is 4. The zero-order valence-corrected chi connectivity index (χ0v) is 28.2. The number of cyclic esters (lactones) is 1. The lowest BCUT2D eigenvalue weighted by Crippen LogP contribution is -2.60. The number of aliphatic hydroxyl groups is 2. The molecule has 2 fully saturated rings. The predicted molar refractivity (Wildman–Crippen MR) is 165 cm³/mol. The van der Waals surface area contributed by atoms with Gasteiger partial charge >= 0.3 is 5.97 Å². The second-order valence-corrected chi connectivity index (χ2v) is 13.8. The van der Waals surface area contributed by atoms with Crippen LogP contribution in [0, 0.1) is 29.1 Å². The van der Waals surface area contributed by atoms with Crippen LogP contribution in [0.5, 0.6) is 0 Å². The third-order valence-electron chi connectivity index (χ3n) is 9.93. The Kier molecular flexibility index (Phi) is 12.3. The number of carbonyl (C=O) groups excluding carboxylic acids is 2. The fourth-order valence-electron chi connectivity index (χ4n) is 7.23. The van der Waals surface area contributed by atoms with Crippen molar-refractivity contribution < 1.29 is 43.5 Å². The normalized spacial score (nSPS) is 45.9. The van der Waals surface area contributed by atoms with E-state index in [4.69, 9.17) is 23.7 Å². The molecule has 2 bridgehead atoms. The van der Waals surface area contributed by atoms with Crippen LogP contribution >= 0.6 is 0 Å². The van der Waals surface area contributed by atoms with Gasteiger partial charge < -0.3 is 44.2 Å². The minimum Gasteiger partial charge on any atom is -0.459 e. The van der Waals surface area contributed by atoms with Crippen molar-refractivity contribution >= 4 is 17.5 Å². The van der Waals surface area contributed by atoms with E-state index in [9.17, 15) is 25.2 Å². The van der Waals surface area contributed by atoms with Gasteiger partial charge in [0.15, 0.2) is 12.1 Å². The van der Waals surface area contributed by atoms with Gasteiger partial charge in [-0.1, -0.05) is 39.8 Å². The van der Waals surface area contributed by atoms with Crippen molar-refractivity contribution in [3.8, 4) is 0 Å². The lowest BCUT2D eigenvalue weighted by atomic mass is 9.73. The van der Waals surface area contributed by atoms with Crippen LogP contribution in [0.1, 0.15) is 74.7 Å². The number of nitrogens with one attached hydrogen (secondary N) is 1. The molecule has 3 heterocycles. The highest BCUT2D eigenvalue weighted by atomic mass is 16.7. The van der Waals surface area contributed by atoms with Crippen LogP contribution in [0.3, 0.4) is 0 Å². The molecule has 0 spiro atoms. The monoisotopic (exact) mass is 624 g/mol. The molecular weight excluding hydrogens is 568 g/mol. The molecule has 44 heavy (non-hydrogen) atoms. The van der Waals surface area contributed by atoms with Crippen molar-refractivity contribution in [2.75, 3.05) is 27.3 Å². The first-order valence-electron chi connectivity index (χ1n) is 16.1. The number of Topliss-reactive ketones (excluding diaryl/α,β-unsaturated/α-hetero) is 1. The quantitative estimate of drug-likeness (QED) is 0.242. The molecule has 3 rings (SSSR count). The van der Waals surface area contributed by atoms with Gasteiger partial charge in [0.1, 0.15) is 23.7 Å². The molecule has 0 aromatic heterocycles. The molecule has 11 nitrogen and oxygen atoms in total. The molecule has 0 aromatic rings. The topological polar surface area (TPSA) is 148 Å². The molecule has 0 amide bonds. The number of hydrogen-bond acceptors (Lipinski definition) is 11. The number of hydrogen-bond donors (Lipinski definition) is 3. The van der Waals surface area contributed by atoms with Gasteiger partial charge in [-0.15, -0.1) is 0 Å². The van der Waals surface area contributed by atoms with Gasteiger partial charge in [0.25, 0.3) is 0 Å². The van der Waals surface area contributed by atoms with Crippen LogP contribution in [0.15, 0.2) is 12.2 Å². The maximum absolute atomic E-state index is 14.1. The zero-order chi connectivity index (χ0) is 33.1. The molecule has 1 unspecified atom stereocenters. The van der Waals surface area contributed by atoms with Gasteiger partial charge in [-0.2, -0.15) is 0 Å². The van der Waals surface area contributed by atoms with E-state index in [2.05, 4.69) is 0 Å². The van der Waals surface area contributed by atoms with Gasteiger partial charge in [0, 0.05) is 23.6 Å². The Morgan fingerprint density at radius 1 is 1.07 bits per heavy atom. The van der Waals surface area contributed by atoms with Crippen molar-refractivity contribution in [3.63, 3.8) is 0 Å². The molecule has 0 saturated carbocycles. The van der Waals surface area contributed by atoms with Crippen LogP contribution in [-0.2, 0) is 33.3 Å². The van der Waals surface area contributed by atoms with Gasteiger partial charge in [0.2, 0.25) is 0 Å². The number of aliphatic hydroxyl groups excluding tert-OH is 1. The maximum atomic E-state index is 14.1. The van der Waals surface area contributed by atoms with E-state index in [1.54, 1.807) is 26.8 Å². The van der Waals surface area contributed by atoms with E-state index >= 15 is 0 Å². The van der Waals surface area contributed by atoms with E-state index in [-0.39, 0.29) is 44.1 Å². The van der Waals surface area contributed by atoms with Crippen LogP contribution in [0.2, 0.25) is 0 Å². The minimum atomic E-state index is -1.65. The second-order valence-electron chi connectivity index (χ2n) is 13.8. The highest BCUT2D eigenvalue weighted by Gasteiger charge is 2.52. The summed E-state index contributed by atoms with van der Waals surface area (Å²) in [6.45, 7) is 14.4. The number of ether oxygens (including phenoxy) is 5. The second kappa shape index (κ2) is 14.8. The molecule has 3 aliphatic heterocycles. The summed E-state index contributed by atoms with van der Waals surface area (Å²) in [5, 5.41) is 32.4. The Balaban J connectivity index is 2.18. The van der Waals surface area contributed by atoms with E-state index in [1.807, 2.05) is 52.8 Å². The van der Waals surface area contributed by atoms with Crippen molar-refractivity contribution in [2.45, 2.75) is 129 Å². The maximum Gasteiger partial charge on any atom is 0.316 e. The number of esters is 1. The average Bonchev–Trinajstić information content (AvgIpc) is 2.96. The van der Waals surface area contributed by atoms with E-state index < -0.39 is 71.4 Å². The summed E-state index contributed by atoms with van der Waals surface area (Å²) in [5.41, 5.74) is -2.47. The smallest absolute Gasteiger partial charge is 0.316 e. The standard InChI is InChI=1S/C33H56N2O9/c1-11-24-33(8,39)29-20(4)25(34)18(2)17-32(7,41-15-13-12-14-40-29)28(21(5)26(36)22(6)30(38)43-24)44-31-27(37)23(35(9)10)16-19(3)42-31/h12-13,18-24,27-29,31,34,37,39H,11,14-17H2,1-10H3/b13-12+,34-25?/t18-,19-,20+,21+,22?,23+,24-,27-,28-,29-,31+,32+,33-/m1/s1. The van der Waals surface area contributed by atoms with E-state index in [0.29, 0.717) is 12.1 Å². The minimum absolute atomic E-state index is 0.147. The number of likely N-dealkylation sites (N-methyl/N-ethyl adjacent to an activating group) is 1. The third-order valence-corrected chi connectivity index (χ3v) is 9.93. The first kappa shape index (κ1) is 36.7. The predicted octanol–water partition coefficient (Wildman–Crippen LogP) is 3.14. The average molecular weight is 625 g/mol. The molecule has 11 heteroatoms. The number of ketones is 1. The zero-order valence-electron chi connectivity index (χ0n) is 28.2. The summed E-state index contributed by atoms with van der Waals surface area (Å²) < 4.78 is 31.3. The fourth-order valence-corrected chi connectivity index (χ4v) is 7.23. The Hall–Kier alpha value is -1.73. The SMILES string of the molecule is CC[C@H]1OC(=O)C(C)C(=O)[C@H](C)[C@@H](O[C@@H]2O[C@H](C)C[C@H](N(C)C)[C@H]2O)[C@]2(C)C[C@@H](C)C(=N)[C@H](C)[C@@H](OC/C=C/CO2)[C@]1(C)O. The van der Waals surface area contributed by atoms with Crippen molar-refractivity contribution in [1.82, 2.24) is 4.90 Å². The lowest BCUT2D eigenvalue weighted by molar-refractivity contribution is -0.296. The van der Waals surface area contributed by atoms with Crippen LogP contribution in [0.25, 0.3) is 0 Å². The summed E-state index contributed by atoms with van der Waals surface area (Å²) in [6.07, 6.45) is -0.324. The lowest BCUT2D eigenvalue weighted by Gasteiger charge is -2.48. The molecule has 3 N–H and O–H groups in total. The summed E-state index contributed by atoms with van der Waals surface area (Å²) in [7, 11) is 3.78. The molecule has 2 saturated heterocycles. The Bertz CT molecular complexity index is 1050. The van der Waals surface area contributed by atoms with Crippen molar-refractivity contribution in [1.29, 1.82) is 5.41 Å². The van der Waals surface area contributed by atoms with Gasteiger partial charge in [-0.25, -0.2) is 0 Å². The summed E-state index contributed by atoms with van der Waals surface area (Å²) in [5.74, 6) is -4.15. The van der Waals surface area contributed by atoms with Crippen LogP contribution in [0.4, 0.5) is 0 Å². The van der Waals surface area contributed by atoms with Gasteiger partial charge in [-0.05, 0) is 67.0 Å². The Morgan fingerprint density at radius 3 is 2.32 bits per heavy atom. The van der Waals surface area contributed by atoms with Crippen LogP contribution in [-0.4, -0.2) is 114 Å². The van der Waals surface area contributed by atoms with Crippen LogP contribution < -0.4 is 0 Å². The molecule has 0 radical (unpaired) electrons. The van der Waals surface area contributed by atoms with Crippen molar-refractivity contribution in [2.24, 2.45) is 23.7 Å². The van der Waals surface area contributed by atoms with Gasteiger partial charge in [-0.3, -0.25) is 9.59 Å². The molecule has 3 aliphatic rings. The summed E-state index contributed by atoms with van der Waals surface area (Å²) in [6, 6.07) is -0.237. The largest absolute Gasteiger partial charge is 0.459 e. The molecular formula is C33H56N2O9. The highest BCUT2D eigenvalue weighted by Crippen LogP contribution is 2.39. The van der Waals surface area contributed by atoms with E-state index in [0.717, 1.165) is 0 Å². The van der Waals surface area contributed by atoms with Gasteiger partial charge in [0.05, 0.1) is 37.1 Å². The molecule has 0 aromatic carbocycles. The third kappa shape index (κ3) is 7.79. The first-order chi connectivity index (χ1) is 20.5. The number of fused-ring (bicyclic) bond motifs is 5.